The SMILES string of the molecule is CCOc1ccc(-n2c(SCC(=O)NCc3ccc(F)cc3F)nc3[nH]ncc3c2=O)cc1. The Labute approximate surface area is 191 Å². The van der Waals surface area contributed by atoms with Gasteiger partial charge in [-0.1, -0.05) is 17.8 Å². The van der Waals surface area contributed by atoms with Crippen molar-refractivity contribution < 1.29 is 18.3 Å². The van der Waals surface area contributed by atoms with Crippen molar-refractivity contribution in [3.8, 4) is 11.4 Å². The van der Waals surface area contributed by atoms with Gasteiger partial charge in [0.1, 0.15) is 22.8 Å². The number of hydrogen-bond acceptors (Lipinski definition) is 6. The Kier molecular flexibility index (Phi) is 6.68. The van der Waals surface area contributed by atoms with E-state index in [0.29, 0.717) is 29.1 Å². The van der Waals surface area contributed by atoms with Gasteiger partial charge in [0, 0.05) is 18.2 Å². The van der Waals surface area contributed by atoms with E-state index < -0.39 is 17.5 Å². The number of aromatic amines is 1. The van der Waals surface area contributed by atoms with Crippen LogP contribution in [0.1, 0.15) is 12.5 Å². The molecule has 2 aromatic carbocycles. The minimum Gasteiger partial charge on any atom is -0.494 e. The molecule has 11 heteroatoms. The standard InChI is InChI=1S/C22H19F2N5O3S/c1-2-32-16-7-5-15(6-8-16)29-21(31)17-11-26-28-20(17)27-22(29)33-12-19(30)25-10-13-3-4-14(23)9-18(13)24/h3-9,11H,2,10,12H2,1H3,(H,25,30)(H,26,28). The Morgan fingerprint density at radius 3 is 2.73 bits per heavy atom. The summed E-state index contributed by atoms with van der Waals surface area (Å²) in [6.07, 6.45) is 1.40. The highest BCUT2D eigenvalue weighted by Gasteiger charge is 2.16. The van der Waals surface area contributed by atoms with E-state index in [1.165, 1.54) is 16.8 Å². The van der Waals surface area contributed by atoms with Gasteiger partial charge in [-0.2, -0.15) is 5.10 Å². The Morgan fingerprint density at radius 2 is 2.00 bits per heavy atom. The summed E-state index contributed by atoms with van der Waals surface area (Å²) in [5.41, 5.74) is 0.682. The summed E-state index contributed by atoms with van der Waals surface area (Å²) < 4.78 is 33.6. The molecular formula is C22H19F2N5O3S. The fraction of sp³-hybridized carbons (Fsp3) is 0.182. The van der Waals surface area contributed by atoms with Gasteiger partial charge in [-0.3, -0.25) is 19.3 Å². The van der Waals surface area contributed by atoms with Crippen LogP contribution in [0.4, 0.5) is 8.78 Å². The lowest BCUT2D eigenvalue weighted by atomic mass is 10.2. The molecule has 0 saturated heterocycles. The molecule has 0 spiro atoms. The molecule has 0 atom stereocenters. The third-order valence-electron chi connectivity index (χ3n) is 4.68. The maximum Gasteiger partial charge on any atom is 0.269 e. The highest BCUT2D eigenvalue weighted by molar-refractivity contribution is 7.99. The molecule has 0 aliphatic carbocycles. The van der Waals surface area contributed by atoms with Crippen LogP contribution in [0.5, 0.6) is 5.75 Å². The van der Waals surface area contributed by atoms with Gasteiger partial charge >= 0.3 is 0 Å². The second-order valence-electron chi connectivity index (χ2n) is 6.90. The maximum absolute atomic E-state index is 13.8. The number of amides is 1. The molecule has 8 nitrogen and oxygen atoms in total. The van der Waals surface area contributed by atoms with Gasteiger partial charge in [0.25, 0.3) is 5.56 Å². The van der Waals surface area contributed by atoms with E-state index in [1.54, 1.807) is 24.3 Å². The molecule has 0 aliphatic rings. The first-order valence-corrected chi connectivity index (χ1v) is 11.0. The molecule has 2 aromatic heterocycles. The van der Waals surface area contributed by atoms with E-state index in [1.807, 2.05) is 6.92 Å². The van der Waals surface area contributed by atoms with Crippen LogP contribution in [0.15, 0.2) is 58.6 Å². The molecule has 4 rings (SSSR count). The van der Waals surface area contributed by atoms with Crippen LogP contribution in [0.3, 0.4) is 0 Å². The van der Waals surface area contributed by atoms with Crippen LogP contribution in [0.2, 0.25) is 0 Å². The monoisotopic (exact) mass is 471 g/mol. The molecule has 0 unspecified atom stereocenters. The summed E-state index contributed by atoms with van der Waals surface area (Å²) in [6, 6.07) is 10.1. The zero-order chi connectivity index (χ0) is 23.4. The summed E-state index contributed by atoms with van der Waals surface area (Å²) in [6.45, 7) is 2.30. The van der Waals surface area contributed by atoms with Crippen molar-refractivity contribution in [2.75, 3.05) is 12.4 Å². The number of hydrogen-bond donors (Lipinski definition) is 2. The smallest absolute Gasteiger partial charge is 0.269 e. The van der Waals surface area contributed by atoms with E-state index >= 15 is 0 Å². The molecule has 2 N–H and O–H groups in total. The number of fused-ring (bicyclic) bond motifs is 1. The minimum absolute atomic E-state index is 0.0775. The van der Waals surface area contributed by atoms with E-state index in [-0.39, 0.29) is 28.6 Å². The number of rotatable bonds is 8. The van der Waals surface area contributed by atoms with Gasteiger partial charge in [-0.05, 0) is 37.3 Å². The number of carbonyl (C=O) groups excluding carboxylic acids is 1. The van der Waals surface area contributed by atoms with Gasteiger partial charge in [0.15, 0.2) is 10.8 Å². The van der Waals surface area contributed by atoms with E-state index in [0.717, 1.165) is 23.9 Å². The molecule has 33 heavy (non-hydrogen) atoms. The van der Waals surface area contributed by atoms with E-state index in [9.17, 15) is 18.4 Å². The van der Waals surface area contributed by atoms with Crippen LogP contribution < -0.4 is 15.6 Å². The number of carbonyl (C=O) groups is 1. The topological polar surface area (TPSA) is 102 Å². The summed E-state index contributed by atoms with van der Waals surface area (Å²) in [7, 11) is 0. The van der Waals surface area contributed by atoms with E-state index in [2.05, 4.69) is 20.5 Å². The molecule has 0 bridgehead atoms. The van der Waals surface area contributed by atoms with Crippen molar-refractivity contribution in [3.05, 3.63) is 76.2 Å². The van der Waals surface area contributed by atoms with Crippen molar-refractivity contribution >= 4 is 28.7 Å². The summed E-state index contributed by atoms with van der Waals surface area (Å²) in [5, 5.41) is 9.72. The average molecular weight is 471 g/mol. The molecule has 0 radical (unpaired) electrons. The third kappa shape index (κ3) is 5.03. The summed E-state index contributed by atoms with van der Waals surface area (Å²) in [4.78, 5) is 29.9. The number of halogens is 2. The number of nitrogens with zero attached hydrogens (tertiary/aromatic N) is 3. The Balaban J connectivity index is 1.54. The molecule has 0 fully saturated rings. The molecule has 1 amide bonds. The second-order valence-corrected chi connectivity index (χ2v) is 7.84. The van der Waals surface area contributed by atoms with Gasteiger partial charge < -0.3 is 10.1 Å². The molecule has 0 aliphatic heterocycles. The number of ether oxygens (including phenoxy) is 1. The first-order valence-electron chi connectivity index (χ1n) is 9.99. The Hall–Kier alpha value is -3.73. The van der Waals surface area contributed by atoms with Gasteiger partial charge in [0.2, 0.25) is 5.91 Å². The van der Waals surface area contributed by atoms with Crippen molar-refractivity contribution in [1.82, 2.24) is 25.1 Å². The van der Waals surface area contributed by atoms with E-state index in [4.69, 9.17) is 4.74 Å². The zero-order valence-corrected chi connectivity index (χ0v) is 18.3. The maximum atomic E-state index is 13.8. The largest absolute Gasteiger partial charge is 0.494 e. The van der Waals surface area contributed by atoms with Crippen molar-refractivity contribution in [3.63, 3.8) is 0 Å². The normalized spacial score (nSPS) is 11.0. The predicted molar refractivity (Wildman–Crippen MR) is 120 cm³/mol. The lowest BCUT2D eigenvalue weighted by Crippen LogP contribution is -2.26. The fourth-order valence-corrected chi connectivity index (χ4v) is 3.93. The van der Waals surface area contributed by atoms with Crippen molar-refractivity contribution in [2.45, 2.75) is 18.6 Å². The third-order valence-corrected chi connectivity index (χ3v) is 5.62. The lowest BCUT2D eigenvalue weighted by molar-refractivity contribution is -0.118. The van der Waals surface area contributed by atoms with Crippen LogP contribution in [-0.2, 0) is 11.3 Å². The molecule has 2 heterocycles. The number of nitrogens with one attached hydrogen (secondary N) is 2. The highest BCUT2D eigenvalue weighted by atomic mass is 32.2. The molecule has 170 valence electrons. The first kappa shape index (κ1) is 22.5. The first-order chi connectivity index (χ1) is 16.0. The van der Waals surface area contributed by atoms with Crippen LogP contribution in [-0.4, -0.2) is 38.0 Å². The summed E-state index contributed by atoms with van der Waals surface area (Å²) in [5.74, 6) is -1.25. The van der Waals surface area contributed by atoms with Gasteiger partial charge in [-0.25, -0.2) is 13.8 Å². The van der Waals surface area contributed by atoms with Crippen LogP contribution >= 0.6 is 11.8 Å². The number of thioether (sulfide) groups is 1. The molecular weight excluding hydrogens is 452 g/mol. The predicted octanol–water partition coefficient (Wildman–Crippen LogP) is 3.19. The quantitative estimate of drug-likeness (QED) is 0.302. The number of aromatic nitrogens is 4. The molecule has 4 aromatic rings. The van der Waals surface area contributed by atoms with Crippen LogP contribution in [0.25, 0.3) is 16.7 Å². The van der Waals surface area contributed by atoms with Crippen molar-refractivity contribution in [2.24, 2.45) is 0 Å². The molecule has 0 saturated carbocycles. The Morgan fingerprint density at radius 1 is 1.21 bits per heavy atom. The van der Waals surface area contributed by atoms with Gasteiger partial charge in [0.05, 0.1) is 24.2 Å². The fourth-order valence-electron chi connectivity index (χ4n) is 3.10. The average Bonchev–Trinajstić information content (AvgIpc) is 3.27. The number of benzene rings is 2. The summed E-state index contributed by atoms with van der Waals surface area (Å²) >= 11 is 1.05. The zero-order valence-electron chi connectivity index (χ0n) is 17.5. The van der Waals surface area contributed by atoms with Crippen LogP contribution in [0, 0.1) is 11.6 Å². The number of H-pyrrole nitrogens is 1. The lowest BCUT2D eigenvalue weighted by Gasteiger charge is -2.13. The van der Waals surface area contributed by atoms with Gasteiger partial charge in [-0.15, -0.1) is 0 Å². The van der Waals surface area contributed by atoms with Crippen molar-refractivity contribution in [1.29, 1.82) is 0 Å². The second kappa shape index (κ2) is 9.82. The minimum atomic E-state index is -0.737. The Bertz CT molecular complexity index is 1350. The highest BCUT2D eigenvalue weighted by Crippen LogP contribution is 2.22.